The first-order chi connectivity index (χ1) is 5.90. The molecule has 64 valence electrons. The van der Waals surface area contributed by atoms with Gasteiger partial charge in [0.2, 0.25) is 0 Å². The molecule has 1 heterocycles. The molecular formula is C10H14N2. The zero-order chi connectivity index (χ0) is 8.39. The number of rotatable bonds is 3. The van der Waals surface area contributed by atoms with Gasteiger partial charge in [0.05, 0.1) is 5.69 Å². The van der Waals surface area contributed by atoms with Gasteiger partial charge in [-0.15, -0.1) is 0 Å². The first kappa shape index (κ1) is 7.74. The highest BCUT2D eigenvalue weighted by Gasteiger charge is 2.23. The van der Waals surface area contributed by atoms with Gasteiger partial charge >= 0.3 is 0 Å². The zero-order valence-electron chi connectivity index (χ0n) is 7.38. The van der Waals surface area contributed by atoms with E-state index in [1.54, 1.807) is 0 Å². The van der Waals surface area contributed by atoms with Crippen molar-refractivity contribution in [2.75, 3.05) is 7.05 Å². The van der Waals surface area contributed by atoms with E-state index >= 15 is 0 Å². The molecule has 1 aromatic rings. The summed E-state index contributed by atoms with van der Waals surface area (Å²) < 4.78 is 0. The van der Waals surface area contributed by atoms with Crippen LogP contribution in [0.1, 0.15) is 30.0 Å². The standard InChI is InChI=1S/C10H14N2/c1-11-7-10-5-4-9(6-12-10)8-2-3-8/h4-6,8,11H,2-3,7H2,1H3. The van der Waals surface area contributed by atoms with Gasteiger partial charge in [-0.05, 0) is 37.4 Å². The molecule has 0 amide bonds. The van der Waals surface area contributed by atoms with Crippen molar-refractivity contribution in [3.05, 3.63) is 29.6 Å². The lowest BCUT2D eigenvalue weighted by Gasteiger charge is -2.00. The highest BCUT2D eigenvalue weighted by Crippen LogP contribution is 2.39. The predicted molar refractivity (Wildman–Crippen MR) is 49.0 cm³/mol. The van der Waals surface area contributed by atoms with Crippen LogP contribution in [0.2, 0.25) is 0 Å². The molecule has 0 atom stereocenters. The number of nitrogens with zero attached hydrogens (tertiary/aromatic N) is 1. The number of hydrogen-bond donors (Lipinski definition) is 1. The van der Waals surface area contributed by atoms with Crippen molar-refractivity contribution >= 4 is 0 Å². The molecule has 0 aliphatic heterocycles. The monoisotopic (exact) mass is 162 g/mol. The van der Waals surface area contributed by atoms with E-state index in [-0.39, 0.29) is 0 Å². The van der Waals surface area contributed by atoms with Crippen LogP contribution in [0.25, 0.3) is 0 Å². The second kappa shape index (κ2) is 3.23. The molecular weight excluding hydrogens is 148 g/mol. The highest BCUT2D eigenvalue weighted by molar-refractivity contribution is 5.22. The minimum atomic E-state index is 0.820. The second-order valence-electron chi connectivity index (χ2n) is 3.39. The van der Waals surface area contributed by atoms with Crippen LogP contribution in [0, 0.1) is 0 Å². The summed E-state index contributed by atoms with van der Waals surface area (Å²) in [6.45, 7) is 0.866. The van der Waals surface area contributed by atoms with E-state index < -0.39 is 0 Å². The minimum absolute atomic E-state index is 0.820. The molecule has 0 spiro atoms. The zero-order valence-corrected chi connectivity index (χ0v) is 7.38. The Morgan fingerprint density at radius 1 is 1.50 bits per heavy atom. The van der Waals surface area contributed by atoms with Crippen molar-refractivity contribution < 1.29 is 0 Å². The summed E-state index contributed by atoms with van der Waals surface area (Å²) in [7, 11) is 1.94. The Balaban J connectivity index is 2.08. The quantitative estimate of drug-likeness (QED) is 0.731. The predicted octanol–water partition coefficient (Wildman–Crippen LogP) is 1.68. The molecule has 2 nitrogen and oxygen atoms in total. The van der Waals surface area contributed by atoms with Crippen molar-refractivity contribution in [1.82, 2.24) is 10.3 Å². The topological polar surface area (TPSA) is 24.9 Å². The Labute approximate surface area is 73.0 Å². The minimum Gasteiger partial charge on any atom is -0.314 e. The van der Waals surface area contributed by atoms with E-state index in [9.17, 15) is 0 Å². The van der Waals surface area contributed by atoms with Crippen molar-refractivity contribution in [2.24, 2.45) is 0 Å². The van der Waals surface area contributed by atoms with Gasteiger partial charge in [-0.2, -0.15) is 0 Å². The SMILES string of the molecule is CNCc1ccc(C2CC2)cn1. The molecule has 0 bridgehead atoms. The third-order valence-corrected chi connectivity index (χ3v) is 2.25. The van der Waals surface area contributed by atoms with Gasteiger partial charge in [0.1, 0.15) is 0 Å². The van der Waals surface area contributed by atoms with Crippen LogP contribution in [0.5, 0.6) is 0 Å². The summed E-state index contributed by atoms with van der Waals surface area (Å²) in [5, 5.41) is 3.09. The summed E-state index contributed by atoms with van der Waals surface area (Å²) in [6.07, 6.45) is 4.73. The van der Waals surface area contributed by atoms with Gasteiger partial charge in [0.25, 0.3) is 0 Å². The summed E-state index contributed by atoms with van der Waals surface area (Å²) in [5.74, 6) is 0.820. The van der Waals surface area contributed by atoms with E-state index in [2.05, 4.69) is 22.4 Å². The van der Waals surface area contributed by atoms with E-state index in [0.717, 1.165) is 18.2 Å². The van der Waals surface area contributed by atoms with Crippen LogP contribution < -0.4 is 5.32 Å². The molecule has 0 aromatic carbocycles. The molecule has 0 unspecified atom stereocenters. The van der Waals surface area contributed by atoms with Crippen molar-refractivity contribution in [2.45, 2.75) is 25.3 Å². The molecule has 2 rings (SSSR count). The number of pyridine rings is 1. The van der Waals surface area contributed by atoms with Gasteiger partial charge in [0.15, 0.2) is 0 Å². The Hall–Kier alpha value is -0.890. The Morgan fingerprint density at radius 3 is 2.83 bits per heavy atom. The van der Waals surface area contributed by atoms with Crippen LogP contribution >= 0.6 is 0 Å². The molecule has 1 aliphatic carbocycles. The normalized spacial score (nSPS) is 16.4. The average molecular weight is 162 g/mol. The molecule has 2 heteroatoms. The number of nitrogens with one attached hydrogen (secondary N) is 1. The van der Waals surface area contributed by atoms with E-state index in [1.165, 1.54) is 18.4 Å². The van der Waals surface area contributed by atoms with Crippen LogP contribution in [-0.4, -0.2) is 12.0 Å². The Kier molecular flexibility index (Phi) is 2.09. The smallest absolute Gasteiger partial charge is 0.0541 e. The maximum Gasteiger partial charge on any atom is 0.0541 e. The molecule has 1 saturated carbocycles. The van der Waals surface area contributed by atoms with Crippen molar-refractivity contribution in [1.29, 1.82) is 0 Å². The van der Waals surface area contributed by atoms with E-state index in [1.807, 2.05) is 13.2 Å². The lowest BCUT2D eigenvalue weighted by molar-refractivity contribution is 0.789. The van der Waals surface area contributed by atoms with Gasteiger partial charge in [-0.3, -0.25) is 4.98 Å². The van der Waals surface area contributed by atoms with Gasteiger partial charge in [-0.25, -0.2) is 0 Å². The molecule has 1 fully saturated rings. The fourth-order valence-electron chi connectivity index (χ4n) is 1.38. The molecule has 0 saturated heterocycles. The third-order valence-electron chi connectivity index (χ3n) is 2.25. The first-order valence-electron chi connectivity index (χ1n) is 4.49. The fraction of sp³-hybridized carbons (Fsp3) is 0.500. The van der Waals surface area contributed by atoms with E-state index in [4.69, 9.17) is 0 Å². The van der Waals surface area contributed by atoms with Crippen LogP contribution in [0.4, 0.5) is 0 Å². The molecule has 1 N–H and O–H groups in total. The third kappa shape index (κ3) is 1.64. The Bertz CT molecular complexity index is 249. The van der Waals surface area contributed by atoms with Crippen LogP contribution in [-0.2, 0) is 6.54 Å². The van der Waals surface area contributed by atoms with Gasteiger partial charge in [0, 0.05) is 12.7 Å². The van der Waals surface area contributed by atoms with E-state index in [0.29, 0.717) is 0 Å². The second-order valence-corrected chi connectivity index (χ2v) is 3.39. The summed E-state index contributed by atoms with van der Waals surface area (Å²) in [6, 6.07) is 4.32. The first-order valence-corrected chi connectivity index (χ1v) is 4.49. The average Bonchev–Trinajstić information content (AvgIpc) is 2.89. The van der Waals surface area contributed by atoms with Gasteiger partial charge in [-0.1, -0.05) is 6.07 Å². The largest absolute Gasteiger partial charge is 0.314 e. The lowest BCUT2D eigenvalue weighted by Crippen LogP contribution is -2.06. The maximum atomic E-state index is 4.37. The van der Waals surface area contributed by atoms with Gasteiger partial charge < -0.3 is 5.32 Å². The number of hydrogen-bond acceptors (Lipinski definition) is 2. The summed E-state index contributed by atoms with van der Waals surface area (Å²) in [5.41, 5.74) is 2.54. The molecule has 1 aliphatic rings. The molecule has 1 aromatic heterocycles. The maximum absolute atomic E-state index is 4.37. The van der Waals surface area contributed by atoms with Crippen LogP contribution in [0.15, 0.2) is 18.3 Å². The van der Waals surface area contributed by atoms with Crippen LogP contribution in [0.3, 0.4) is 0 Å². The van der Waals surface area contributed by atoms with Crippen molar-refractivity contribution in [3.8, 4) is 0 Å². The summed E-state index contributed by atoms with van der Waals surface area (Å²) in [4.78, 5) is 4.37. The molecule has 12 heavy (non-hydrogen) atoms. The molecule has 0 radical (unpaired) electrons. The lowest BCUT2D eigenvalue weighted by atomic mass is 10.2. The Morgan fingerprint density at radius 2 is 2.33 bits per heavy atom. The van der Waals surface area contributed by atoms with Crippen molar-refractivity contribution in [3.63, 3.8) is 0 Å². The fourth-order valence-corrected chi connectivity index (χ4v) is 1.38. The highest BCUT2D eigenvalue weighted by atomic mass is 14.8. The number of aromatic nitrogens is 1. The summed E-state index contributed by atoms with van der Waals surface area (Å²) >= 11 is 0.